The number of benzene rings is 1. The van der Waals surface area contributed by atoms with Gasteiger partial charge in [0.15, 0.2) is 11.4 Å². The van der Waals surface area contributed by atoms with Gasteiger partial charge in [0.05, 0.1) is 6.10 Å². The second kappa shape index (κ2) is 4.52. The molecule has 1 saturated heterocycles. The summed E-state index contributed by atoms with van der Waals surface area (Å²) in [5, 5.41) is 0.704. The molecular formula is C15H15ClO2. The van der Waals surface area contributed by atoms with E-state index in [1.54, 1.807) is 6.08 Å². The molecule has 2 nitrogen and oxygen atoms in total. The first-order chi connectivity index (χ1) is 8.71. The lowest BCUT2D eigenvalue weighted by Crippen LogP contribution is -2.28. The second-order valence-corrected chi connectivity index (χ2v) is 5.43. The van der Waals surface area contributed by atoms with Crippen LogP contribution in [0, 0.1) is 0 Å². The van der Waals surface area contributed by atoms with E-state index in [9.17, 15) is 4.79 Å². The van der Waals surface area contributed by atoms with Crippen molar-refractivity contribution in [3.8, 4) is 0 Å². The summed E-state index contributed by atoms with van der Waals surface area (Å²) >= 11 is 5.81. The first-order valence-electron chi connectivity index (χ1n) is 6.37. The first kappa shape index (κ1) is 11.9. The summed E-state index contributed by atoms with van der Waals surface area (Å²) in [6.45, 7) is 0. The first-order valence-corrected chi connectivity index (χ1v) is 6.74. The van der Waals surface area contributed by atoms with Crippen molar-refractivity contribution in [1.82, 2.24) is 0 Å². The number of carbonyl (C=O) groups excluding carboxylic acids is 1. The van der Waals surface area contributed by atoms with E-state index >= 15 is 0 Å². The molecule has 0 spiro atoms. The molecule has 3 rings (SSSR count). The quantitative estimate of drug-likeness (QED) is 0.615. The fourth-order valence-electron chi connectivity index (χ4n) is 2.68. The van der Waals surface area contributed by atoms with Crippen LogP contribution in [0.1, 0.15) is 31.2 Å². The van der Waals surface area contributed by atoms with Gasteiger partial charge in [-0.05, 0) is 43.0 Å². The summed E-state index contributed by atoms with van der Waals surface area (Å²) in [6.07, 6.45) is 7.84. The van der Waals surface area contributed by atoms with Crippen molar-refractivity contribution >= 4 is 23.5 Å². The highest BCUT2D eigenvalue weighted by Crippen LogP contribution is 2.48. The maximum atomic E-state index is 12.2. The number of epoxide rings is 1. The second-order valence-electron chi connectivity index (χ2n) is 4.99. The van der Waals surface area contributed by atoms with Crippen molar-refractivity contribution < 1.29 is 9.53 Å². The predicted molar refractivity (Wildman–Crippen MR) is 71.6 cm³/mol. The Morgan fingerprint density at radius 1 is 1.33 bits per heavy atom. The van der Waals surface area contributed by atoms with Crippen molar-refractivity contribution in [2.45, 2.75) is 37.4 Å². The Bertz CT molecular complexity index is 492. The molecule has 0 unspecified atom stereocenters. The minimum Gasteiger partial charge on any atom is -0.357 e. The van der Waals surface area contributed by atoms with Gasteiger partial charge in [-0.3, -0.25) is 4.79 Å². The van der Waals surface area contributed by atoms with Crippen LogP contribution in [0.2, 0.25) is 5.02 Å². The Hall–Kier alpha value is -1.12. The van der Waals surface area contributed by atoms with Crippen LogP contribution < -0.4 is 0 Å². The Morgan fingerprint density at radius 3 is 2.83 bits per heavy atom. The minimum atomic E-state index is -0.471. The van der Waals surface area contributed by atoms with Gasteiger partial charge in [-0.15, -0.1) is 0 Å². The molecule has 1 aliphatic heterocycles. The molecule has 94 valence electrons. The molecule has 0 radical (unpaired) electrons. The van der Waals surface area contributed by atoms with Crippen molar-refractivity contribution in [1.29, 1.82) is 0 Å². The summed E-state index contributed by atoms with van der Waals surface area (Å²) in [4.78, 5) is 12.2. The van der Waals surface area contributed by atoms with Crippen molar-refractivity contribution in [3.63, 3.8) is 0 Å². The molecule has 1 aromatic rings. The zero-order chi connectivity index (χ0) is 12.6. The van der Waals surface area contributed by atoms with E-state index < -0.39 is 5.60 Å². The van der Waals surface area contributed by atoms with Gasteiger partial charge in [0.25, 0.3) is 0 Å². The summed E-state index contributed by atoms with van der Waals surface area (Å²) in [6, 6.07) is 7.44. The largest absolute Gasteiger partial charge is 0.357 e. The number of carbonyl (C=O) groups is 1. The molecule has 2 atom stereocenters. The summed E-state index contributed by atoms with van der Waals surface area (Å²) < 4.78 is 5.61. The fourth-order valence-corrected chi connectivity index (χ4v) is 2.80. The highest BCUT2D eigenvalue weighted by Gasteiger charge is 2.61. The number of ether oxygens (including phenoxy) is 1. The number of ketones is 1. The highest BCUT2D eigenvalue weighted by atomic mass is 35.5. The van der Waals surface area contributed by atoms with Gasteiger partial charge in [-0.25, -0.2) is 0 Å². The zero-order valence-electron chi connectivity index (χ0n) is 10.1. The summed E-state index contributed by atoms with van der Waals surface area (Å²) in [7, 11) is 0. The lowest BCUT2D eigenvalue weighted by molar-refractivity contribution is -0.119. The molecule has 1 heterocycles. The molecule has 0 bridgehead atoms. The van der Waals surface area contributed by atoms with Crippen molar-refractivity contribution in [2.24, 2.45) is 0 Å². The monoisotopic (exact) mass is 262 g/mol. The van der Waals surface area contributed by atoms with E-state index in [1.165, 1.54) is 6.42 Å². The number of halogens is 1. The van der Waals surface area contributed by atoms with E-state index in [1.807, 2.05) is 30.3 Å². The summed E-state index contributed by atoms with van der Waals surface area (Å²) in [5.41, 5.74) is 0.512. The van der Waals surface area contributed by atoms with Crippen LogP contribution in [0.15, 0.2) is 30.3 Å². The molecule has 0 amide bonds. The molecular weight excluding hydrogens is 248 g/mol. The van der Waals surface area contributed by atoms with E-state index in [-0.39, 0.29) is 11.9 Å². The van der Waals surface area contributed by atoms with E-state index in [0.29, 0.717) is 5.02 Å². The molecule has 1 aromatic carbocycles. The van der Waals surface area contributed by atoms with Crippen LogP contribution in [-0.4, -0.2) is 17.5 Å². The van der Waals surface area contributed by atoms with Crippen LogP contribution in [0.4, 0.5) is 0 Å². The highest BCUT2D eigenvalue weighted by molar-refractivity contribution is 6.30. The van der Waals surface area contributed by atoms with Crippen LogP contribution in [0.5, 0.6) is 0 Å². The minimum absolute atomic E-state index is 0.113. The van der Waals surface area contributed by atoms with Crippen LogP contribution >= 0.6 is 11.6 Å². The third-order valence-corrected chi connectivity index (χ3v) is 4.05. The SMILES string of the molecule is O=C(/C=C/c1ccc(Cl)cc1)[C@]12CCCC[C@H]1O2. The number of fused-ring (bicyclic) bond motifs is 1. The zero-order valence-corrected chi connectivity index (χ0v) is 10.8. The Morgan fingerprint density at radius 2 is 2.11 bits per heavy atom. The maximum Gasteiger partial charge on any atom is 0.190 e. The van der Waals surface area contributed by atoms with Crippen molar-refractivity contribution in [3.05, 3.63) is 40.9 Å². The Kier molecular flexibility index (Phi) is 3.00. The van der Waals surface area contributed by atoms with Crippen molar-refractivity contribution in [2.75, 3.05) is 0 Å². The van der Waals surface area contributed by atoms with Gasteiger partial charge in [0.1, 0.15) is 0 Å². The van der Waals surface area contributed by atoms with Gasteiger partial charge in [0, 0.05) is 5.02 Å². The third kappa shape index (κ3) is 2.11. The average molecular weight is 263 g/mol. The van der Waals surface area contributed by atoms with Gasteiger partial charge in [0.2, 0.25) is 0 Å². The number of rotatable bonds is 3. The molecule has 18 heavy (non-hydrogen) atoms. The molecule has 1 saturated carbocycles. The predicted octanol–water partition coefficient (Wildman–Crippen LogP) is 3.63. The Balaban J connectivity index is 1.69. The van der Waals surface area contributed by atoms with Gasteiger partial charge in [-0.2, -0.15) is 0 Å². The molecule has 1 aliphatic carbocycles. The van der Waals surface area contributed by atoms with E-state index in [2.05, 4.69) is 0 Å². The maximum absolute atomic E-state index is 12.2. The molecule has 3 heteroatoms. The molecule has 0 N–H and O–H groups in total. The molecule has 2 fully saturated rings. The molecule has 0 aromatic heterocycles. The normalized spacial score (nSPS) is 30.2. The van der Waals surface area contributed by atoms with Crippen LogP contribution in [0.25, 0.3) is 6.08 Å². The van der Waals surface area contributed by atoms with Crippen LogP contribution in [-0.2, 0) is 9.53 Å². The number of hydrogen-bond acceptors (Lipinski definition) is 2. The van der Waals surface area contributed by atoms with Gasteiger partial charge < -0.3 is 4.74 Å². The molecule has 2 aliphatic rings. The van der Waals surface area contributed by atoms with E-state index in [4.69, 9.17) is 16.3 Å². The summed E-state index contributed by atoms with van der Waals surface area (Å²) in [5.74, 6) is 0.113. The topological polar surface area (TPSA) is 29.6 Å². The lowest BCUT2D eigenvalue weighted by atomic mass is 9.86. The van der Waals surface area contributed by atoms with Crippen LogP contribution in [0.3, 0.4) is 0 Å². The van der Waals surface area contributed by atoms with E-state index in [0.717, 1.165) is 24.8 Å². The fraction of sp³-hybridized carbons (Fsp3) is 0.400. The third-order valence-electron chi connectivity index (χ3n) is 3.79. The smallest absolute Gasteiger partial charge is 0.190 e. The lowest BCUT2D eigenvalue weighted by Gasteiger charge is -2.13. The Labute approximate surface area is 112 Å². The average Bonchev–Trinajstić information content (AvgIpc) is 3.13. The van der Waals surface area contributed by atoms with Gasteiger partial charge >= 0.3 is 0 Å². The van der Waals surface area contributed by atoms with Gasteiger partial charge in [-0.1, -0.05) is 36.2 Å². The number of hydrogen-bond donors (Lipinski definition) is 0. The standard InChI is InChI=1S/C15H15ClO2/c16-12-7-4-11(5-8-12)6-9-13(17)15-10-2-1-3-14(15)18-15/h4-9,14H,1-3,10H2/b9-6+/t14-,15-/m1/s1.